The van der Waals surface area contributed by atoms with Crippen LogP contribution in [0.3, 0.4) is 0 Å². The third-order valence-electron chi connectivity index (χ3n) is 3.30. The summed E-state index contributed by atoms with van der Waals surface area (Å²) in [6.45, 7) is 2.66. The first-order valence-electron chi connectivity index (χ1n) is 7.20. The van der Waals surface area contributed by atoms with E-state index >= 15 is 0 Å². The summed E-state index contributed by atoms with van der Waals surface area (Å²) >= 11 is 0. The van der Waals surface area contributed by atoms with E-state index in [0.29, 0.717) is 13.0 Å². The zero-order valence-corrected chi connectivity index (χ0v) is 12.2. The molecule has 5 nitrogen and oxygen atoms in total. The summed E-state index contributed by atoms with van der Waals surface area (Å²) < 4.78 is 5.70. The van der Waals surface area contributed by atoms with Crippen molar-refractivity contribution < 1.29 is 9.94 Å². The summed E-state index contributed by atoms with van der Waals surface area (Å²) in [6, 6.07) is 7.92. The first-order valence-corrected chi connectivity index (χ1v) is 7.20. The molecule has 2 rings (SSSR count). The van der Waals surface area contributed by atoms with Crippen LogP contribution in [0.1, 0.15) is 31.0 Å². The van der Waals surface area contributed by atoms with Crippen molar-refractivity contribution in [2.24, 2.45) is 5.16 Å². The maximum Gasteiger partial charge on any atom is 0.119 e. The molecule has 0 aliphatic carbocycles. The van der Waals surface area contributed by atoms with Crippen LogP contribution in [0.15, 0.2) is 41.9 Å². The van der Waals surface area contributed by atoms with Crippen molar-refractivity contribution in [3.8, 4) is 5.75 Å². The molecule has 0 radical (unpaired) electrons. The van der Waals surface area contributed by atoms with Gasteiger partial charge in [0.25, 0.3) is 0 Å². The monoisotopic (exact) mass is 287 g/mol. The van der Waals surface area contributed by atoms with Gasteiger partial charge in [-0.3, -0.25) is 0 Å². The number of benzene rings is 1. The van der Waals surface area contributed by atoms with Gasteiger partial charge in [0.15, 0.2) is 0 Å². The molecule has 0 fully saturated rings. The molecular weight excluding hydrogens is 266 g/mol. The van der Waals surface area contributed by atoms with Gasteiger partial charge in [-0.15, -0.1) is 0 Å². The van der Waals surface area contributed by atoms with Gasteiger partial charge >= 0.3 is 0 Å². The number of ether oxygens (including phenoxy) is 1. The van der Waals surface area contributed by atoms with E-state index in [2.05, 4.69) is 15.1 Å². The Morgan fingerprint density at radius 2 is 2.14 bits per heavy atom. The Kier molecular flexibility index (Phi) is 5.82. The Hall–Kier alpha value is -2.30. The summed E-state index contributed by atoms with van der Waals surface area (Å²) in [5.74, 6) is 0.863. The molecule has 0 aliphatic rings. The van der Waals surface area contributed by atoms with Crippen LogP contribution < -0.4 is 4.74 Å². The Morgan fingerprint density at radius 3 is 2.76 bits per heavy atom. The second kappa shape index (κ2) is 8.09. The van der Waals surface area contributed by atoms with Crippen LogP contribution in [0.25, 0.3) is 0 Å². The van der Waals surface area contributed by atoms with Crippen LogP contribution in [0.5, 0.6) is 5.75 Å². The van der Waals surface area contributed by atoms with Crippen molar-refractivity contribution in [2.75, 3.05) is 6.61 Å². The second-order valence-electron chi connectivity index (χ2n) is 4.87. The molecule has 0 bridgehead atoms. The largest absolute Gasteiger partial charge is 0.494 e. The first kappa shape index (κ1) is 15.1. The fraction of sp³-hybridized carbons (Fsp3) is 0.375. The van der Waals surface area contributed by atoms with Crippen LogP contribution in [0.2, 0.25) is 0 Å². The molecule has 0 unspecified atom stereocenters. The van der Waals surface area contributed by atoms with Crippen molar-refractivity contribution in [1.29, 1.82) is 0 Å². The Bertz CT molecular complexity index is 547. The van der Waals surface area contributed by atoms with E-state index in [1.165, 1.54) is 0 Å². The molecule has 112 valence electrons. The van der Waals surface area contributed by atoms with Crippen molar-refractivity contribution in [1.82, 2.24) is 9.97 Å². The topological polar surface area (TPSA) is 70.5 Å². The average molecular weight is 287 g/mol. The fourth-order valence-corrected chi connectivity index (χ4v) is 2.04. The number of nitrogens with zero attached hydrogens (tertiary/aromatic N) is 2. The number of aromatic nitrogens is 2. The summed E-state index contributed by atoms with van der Waals surface area (Å²) in [4.78, 5) is 7.06. The van der Waals surface area contributed by atoms with Gasteiger partial charge < -0.3 is 14.9 Å². The molecule has 0 saturated heterocycles. The SMILES string of the molecule is CC/C(Cc1ccc(OCCCc2cnc[nH]2)cc1)=N\O. The summed E-state index contributed by atoms with van der Waals surface area (Å²) in [5.41, 5.74) is 3.03. The maximum atomic E-state index is 8.82. The summed E-state index contributed by atoms with van der Waals surface area (Å²) in [5, 5.41) is 12.1. The number of aryl methyl sites for hydroxylation is 1. The minimum absolute atomic E-state index is 0.674. The fourth-order valence-electron chi connectivity index (χ4n) is 2.04. The lowest BCUT2D eigenvalue weighted by Gasteiger charge is -2.07. The normalized spacial score (nSPS) is 11.6. The summed E-state index contributed by atoms with van der Waals surface area (Å²) in [7, 11) is 0. The van der Waals surface area contributed by atoms with Crippen molar-refractivity contribution >= 4 is 5.71 Å². The quantitative estimate of drug-likeness (QED) is 0.339. The highest BCUT2D eigenvalue weighted by atomic mass is 16.5. The standard InChI is InChI=1S/C16H21N3O2/c1-2-14(19-20)10-13-5-7-16(8-6-13)21-9-3-4-15-11-17-12-18-15/h5-8,11-12,20H,2-4,9-10H2,1H3,(H,17,18)/b19-14+. The molecule has 1 heterocycles. The highest BCUT2D eigenvalue weighted by Gasteiger charge is 2.01. The molecule has 0 atom stereocenters. The van der Waals surface area contributed by atoms with E-state index in [-0.39, 0.29) is 0 Å². The Labute approximate surface area is 124 Å². The lowest BCUT2D eigenvalue weighted by molar-refractivity contribution is 0.310. The lowest BCUT2D eigenvalue weighted by Crippen LogP contribution is -2.02. The zero-order chi connectivity index (χ0) is 14.9. The molecule has 0 saturated carbocycles. The average Bonchev–Trinajstić information content (AvgIpc) is 3.04. The Balaban J connectivity index is 1.74. The van der Waals surface area contributed by atoms with E-state index in [1.54, 1.807) is 6.33 Å². The highest BCUT2D eigenvalue weighted by Crippen LogP contribution is 2.14. The van der Waals surface area contributed by atoms with Gasteiger partial charge in [-0.2, -0.15) is 0 Å². The van der Waals surface area contributed by atoms with Crippen LogP contribution in [0.4, 0.5) is 0 Å². The van der Waals surface area contributed by atoms with Gasteiger partial charge in [-0.1, -0.05) is 24.2 Å². The summed E-state index contributed by atoms with van der Waals surface area (Å²) in [6.07, 6.45) is 6.83. The number of H-pyrrole nitrogens is 1. The second-order valence-corrected chi connectivity index (χ2v) is 4.87. The van der Waals surface area contributed by atoms with Gasteiger partial charge in [0, 0.05) is 18.3 Å². The van der Waals surface area contributed by atoms with Crippen LogP contribution in [-0.2, 0) is 12.8 Å². The van der Waals surface area contributed by atoms with Gasteiger partial charge in [0.1, 0.15) is 5.75 Å². The predicted molar refractivity (Wildman–Crippen MR) is 82.1 cm³/mol. The van der Waals surface area contributed by atoms with Crippen LogP contribution in [0, 0.1) is 0 Å². The van der Waals surface area contributed by atoms with E-state index in [9.17, 15) is 0 Å². The third-order valence-corrected chi connectivity index (χ3v) is 3.30. The number of oxime groups is 1. The van der Waals surface area contributed by atoms with Gasteiger partial charge in [0.05, 0.1) is 18.6 Å². The number of nitrogens with one attached hydrogen (secondary N) is 1. The molecule has 1 aromatic heterocycles. The lowest BCUT2D eigenvalue weighted by atomic mass is 10.1. The number of hydrogen-bond acceptors (Lipinski definition) is 4. The van der Waals surface area contributed by atoms with E-state index < -0.39 is 0 Å². The Morgan fingerprint density at radius 1 is 1.33 bits per heavy atom. The minimum Gasteiger partial charge on any atom is -0.494 e. The molecule has 2 N–H and O–H groups in total. The van der Waals surface area contributed by atoms with Crippen LogP contribution >= 0.6 is 0 Å². The van der Waals surface area contributed by atoms with Gasteiger partial charge in [-0.05, 0) is 37.0 Å². The zero-order valence-electron chi connectivity index (χ0n) is 12.2. The number of hydrogen-bond donors (Lipinski definition) is 2. The maximum absolute atomic E-state index is 8.82. The van der Waals surface area contributed by atoms with Gasteiger partial charge in [-0.25, -0.2) is 4.98 Å². The third kappa shape index (κ3) is 4.95. The first-order chi connectivity index (χ1) is 10.3. The van der Waals surface area contributed by atoms with Crippen LogP contribution in [-0.4, -0.2) is 27.5 Å². The molecule has 1 aromatic carbocycles. The molecule has 0 aliphatic heterocycles. The van der Waals surface area contributed by atoms with Crippen molar-refractivity contribution in [3.63, 3.8) is 0 Å². The van der Waals surface area contributed by atoms with E-state index in [4.69, 9.17) is 9.94 Å². The smallest absolute Gasteiger partial charge is 0.119 e. The van der Waals surface area contributed by atoms with Gasteiger partial charge in [0.2, 0.25) is 0 Å². The van der Waals surface area contributed by atoms with E-state index in [1.807, 2.05) is 37.4 Å². The minimum atomic E-state index is 0.674. The molecule has 2 aromatic rings. The molecule has 5 heteroatoms. The molecular formula is C16H21N3O2. The predicted octanol–water partition coefficient (Wildman–Crippen LogP) is 3.20. The molecule has 0 amide bonds. The highest BCUT2D eigenvalue weighted by molar-refractivity contribution is 5.85. The van der Waals surface area contributed by atoms with Crippen molar-refractivity contribution in [3.05, 3.63) is 48.0 Å². The molecule has 21 heavy (non-hydrogen) atoms. The van der Waals surface area contributed by atoms with Crippen molar-refractivity contribution in [2.45, 2.75) is 32.6 Å². The van der Waals surface area contributed by atoms with E-state index in [0.717, 1.165) is 42.0 Å². The number of aromatic amines is 1. The number of rotatable bonds is 8. The number of imidazole rings is 1. The molecule has 0 spiro atoms.